The third-order valence-electron chi connectivity index (χ3n) is 3.12. The number of phenols is 1. The predicted octanol–water partition coefficient (Wildman–Crippen LogP) is 3.15. The second kappa shape index (κ2) is 7.67. The lowest BCUT2D eigenvalue weighted by Crippen LogP contribution is -2.28. The average molecular weight is 264 g/mol. The summed E-state index contributed by atoms with van der Waals surface area (Å²) in [6.07, 6.45) is 4.19. The Kier molecular flexibility index (Phi) is 6.19. The molecule has 1 aromatic rings. The highest BCUT2D eigenvalue weighted by atomic mass is 16.3. The van der Waals surface area contributed by atoms with Gasteiger partial charge in [0, 0.05) is 6.42 Å². The van der Waals surface area contributed by atoms with Crippen molar-refractivity contribution in [2.24, 2.45) is 0 Å². The number of amides is 1. The summed E-state index contributed by atoms with van der Waals surface area (Å²) in [4.78, 5) is 11.2. The van der Waals surface area contributed by atoms with Crippen LogP contribution in [0.2, 0.25) is 0 Å². The Morgan fingerprint density at radius 1 is 1.21 bits per heavy atom. The molecule has 0 bridgehead atoms. The van der Waals surface area contributed by atoms with Gasteiger partial charge in [-0.1, -0.05) is 27.2 Å². The summed E-state index contributed by atoms with van der Waals surface area (Å²) in [5.74, 6) is 0.338. The van der Waals surface area contributed by atoms with Crippen molar-refractivity contribution >= 4 is 11.6 Å². The van der Waals surface area contributed by atoms with E-state index in [1.54, 1.807) is 6.92 Å². The third kappa shape index (κ3) is 4.47. The first-order valence-corrected chi connectivity index (χ1v) is 7.01. The second-order valence-corrected chi connectivity index (χ2v) is 4.63. The van der Waals surface area contributed by atoms with E-state index in [-0.39, 0.29) is 5.91 Å². The van der Waals surface area contributed by atoms with Crippen LogP contribution in [-0.4, -0.2) is 11.0 Å². The molecule has 0 fully saturated rings. The topological polar surface area (TPSA) is 61.4 Å². The molecule has 1 aromatic carbocycles. The molecule has 0 radical (unpaired) electrons. The number of aryl methyl sites for hydroxylation is 2. The minimum absolute atomic E-state index is 0.0544. The molecule has 0 saturated heterocycles. The number of unbranched alkanes of at least 4 members (excludes halogenated alkanes) is 1. The Balaban J connectivity index is 2.88. The highest BCUT2D eigenvalue weighted by molar-refractivity contribution is 5.77. The molecule has 0 spiro atoms. The van der Waals surface area contributed by atoms with Crippen molar-refractivity contribution in [3.05, 3.63) is 23.3 Å². The first kappa shape index (κ1) is 15.3. The zero-order valence-corrected chi connectivity index (χ0v) is 12.0. The molecule has 1 rings (SSSR count). The van der Waals surface area contributed by atoms with Crippen molar-refractivity contribution in [2.45, 2.75) is 52.9 Å². The number of hydrazine groups is 1. The molecule has 0 atom stereocenters. The van der Waals surface area contributed by atoms with E-state index in [2.05, 4.69) is 17.8 Å². The number of phenolic OH excluding ortho intramolecular Hbond substituents is 1. The number of benzene rings is 1. The van der Waals surface area contributed by atoms with E-state index in [4.69, 9.17) is 0 Å². The number of hydrogen-bond acceptors (Lipinski definition) is 3. The van der Waals surface area contributed by atoms with E-state index < -0.39 is 0 Å². The summed E-state index contributed by atoms with van der Waals surface area (Å²) in [6, 6.07) is 3.78. The van der Waals surface area contributed by atoms with E-state index in [1.807, 2.05) is 19.1 Å². The van der Waals surface area contributed by atoms with Gasteiger partial charge in [-0.3, -0.25) is 15.6 Å². The van der Waals surface area contributed by atoms with E-state index >= 15 is 0 Å². The molecule has 106 valence electrons. The summed E-state index contributed by atoms with van der Waals surface area (Å²) in [6.45, 7) is 5.94. The molecule has 0 unspecified atom stereocenters. The second-order valence-electron chi connectivity index (χ2n) is 4.63. The average Bonchev–Trinajstić information content (AvgIpc) is 2.44. The first-order valence-electron chi connectivity index (χ1n) is 7.01. The molecule has 3 N–H and O–H groups in total. The minimum Gasteiger partial charge on any atom is -0.507 e. The highest BCUT2D eigenvalue weighted by Gasteiger charge is 2.09. The molecule has 0 aromatic heterocycles. The predicted molar refractivity (Wildman–Crippen MR) is 78.2 cm³/mol. The molecule has 1 amide bonds. The molecule has 0 aliphatic carbocycles. The molecule has 0 heterocycles. The van der Waals surface area contributed by atoms with Crippen LogP contribution in [0.15, 0.2) is 12.1 Å². The molecule has 4 heteroatoms. The highest BCUT2D eigenvalue weighted by Crippen LogP contribution is 2.28. The van der Waals surface area contributed by atoms with E-state index in [1.165, 1.54) is 0 Å². The van der Waals surface area contributed by atoms with Gasteiger partial charge < -0.3 is 5.11 Å². The summed E-state index contributed by atoms with van der Waals surface area (Å²) in [5.41, 5.74) is 8.20. The maximum atomic E-state index is 11.2. The van der Waals surface area contributed by atoms with Crippen molar-refractivity contribution < 1.29 is 9.90 Å². The molecule has 0 saturated carbocycles. The number of anilines is 1. The largest absolute Gasteiger partial charge is 0.507 e. The Morgan fingerprint density at radius 3 is 2.47 bits per heavy atom. The van der Waals surface area contributed by atoms with Gasteiger partial charge >= 0.3 is 0 Å². The van der Waals surface area contributed by atoms with Crippen LogP contribution in [0.5, 0.6) is 5.75 Å². The monoisotopic (exact) mass is 264 g/mol. The van der Waals surface area contributed by atoms with Crippen molar-refractivity contribution in [3.63, 3.8) is 0 Å². The van der Waals surface area contributed by atoms with Gasteiger partial charge in [0.05, 0.1) is 5.69 Å². The lowest BCUT2D eigenvalue weighted by atomic mass is 10.0. The number of hydrogen-bond donors (Lipinski definition) is 3. The van der Waals surface area contributed by atoms with Crippen molar-refractivity contribution in [1.29, 1.82) is 0 Å². The smallest absolute Gasteiger partial charge is 0.238 e. The Bertz CT molecular complexity index is 430. The first-order chi connectivity index (χ1) is 9.12. The van der Waals surface area contributed by atoms with Crippen LogP contribution in [-0.2, 0) is 17.6 Å². The van der Waals surface area contributed by atoms with Gasteiger partial charge in [0.25, 0.3) is 0 Å². The number of aromatic hydroxyl groups is 1. The zero-order chi connectivity index (χ0) is 14.3. The van der Waals surface area contributed by atoms with E-state index in [0.717, 1.165) is 42.5 Å². The molecule has 19 heavy (non-hydrogen) atoms. The van der Waals surface area contributed by atoms with Crippen LogP contribution < -0.4 is 10.9 Å². The Hall–Kier alpha value is -1.71. The van der Waals surface area contributed by atoms with Crippen molar-refractivity contribution in [2.75, 3.05) is 5.43 Å². The summed E-state index contributed by atoms with van der Waals surface area (Å²) >= 11 is 0. The zero-order valence-electron chi connectivity index (χ0n) is 12.0. The van der Waals surface area contributed by atoms with Crippen LogP contribution in [0.1, 0.15) is 51.2 Å². The lowest BCUT2D eigenvalue weighted by molar-refractivity contribution is -0.120. The normalized spacial score (nSPS) is 10.3. The number of carbonyl (C=O) groups excluding carboxylic acids is 1. The molecule has 0 aliphatic heterocycles. The summed E-state index contributed by atoms with van der Waals surface area (Å²) < 4.78 is 0. The van der Waals surface area contributed by atoms with E-state index in [9.17, 15) is 9.90 Å². The van der Waals surface area contributed by atoms with Gasteiger partial charge in [0.1, 0.15) is 5.75 Å². The van der Waals surface area contributed by atoms with Gasteiger partial charge in [0.15, 0.2) is 0 Å². The fourth-order valence-corrected chi connectivity index (χ4v) is 1.89. The quantitative estimate of drug-likeness (QED) is 0.523. The van der Waals surface area contributed by atoms with Crippen molar-refractivity contribution in [1.82, 2.24) is 5.43 Å². The fraction of sp³-hybridized carbons (Fsp3) is 0.533. The SMILES string of the molecule is CCCCc1cc(NNC(=O)CC)cc(CC)c1O. The van der Waals surface area contributed by atoms with Gasteiger partial charge in [-0.15, -0.1) is 0 Å². The maximum absolute atomic E-state index is 11.2. The molecule has 0 aliphatic rings. The molecular formula is C15H24N2O2. The van der Waals surface area contributed by atoms with Crippen LogP contribution in [0.3, 0.4) is 0 Å². The molecular weight excluding hydrogens is 240 g/mol. The van der Waals surface area contributed by atoms with Gasteiger partial charge in [0.2, 0.25) is 5.91 Å². The van der Waals surface area contributed by atoms with Gasteiger partial charge in [-0.25, -0.2) is 0 Å². The number of rotatable bonds is 7. The van der Waals surface area contributed by atoms with Crippen LogP contribution in [0.25, 0.3) is 0 Å². The molecule has 4 nitrogen and oxygen atoms in total. The fourth-order valence-electron chi connectivity index (χ4n) is 1.89. The van der Waals surface area contributed by atoms with Crippen LogP contribution in [0, 0.1) is 0 Å². The minimum atomic E-state index is -0.0544. The van der Waals surface area contributed by atoms with Crippen LogP contribution >= 0.6 is 0 Å². The lowest BCUT2D eigenvalue weighted by Gasteiger charge is -2.14. The summed E-state index contributed by atoms with van der Waals surface area (Å²) in [7, 11) is 0. The maximum Gasteiger partial charge on any atom is 0.238 e. The third-order valence-corrected chi connectivity index (χ3v) is 3.12. The summed E-state index contributed by atoms with van der Waals surface area (Å²) in [5, 5.41) is 10.1. The number of nitrogens with one attached hydrogen (secondary N) is 2. The standard InChI is InChI=1S/C15H24N2O2/c1-4-7-8-12-10-13(16-17-14(18)6-3)9-11(5-2)15(12)19/h9-10,16,19H,4-8H2,1-3H3,(H,17,18). The van der Waals surface area contributed by atoms with Gasteiger partial charge in [-0.05, 0) is 42.5 Å². The van der Waals surface area contributed by atoms with Crippen LogP contribution in [0.4, 0.5) is 5.69 Å². The van der Waals surface area contributed by atoms with Gasteiger partial charge in [-0.2, -0.15) is 0 Å². The Labute approximate surface area is 115 Å². The van der Waals surface area contributed by atoms with E-state index in [0.29, 0.717) is 12.2 Å². The Morgan fingerprint density at radius 2 is 1.89 bits per heavy atom. The number of carbonyl (C=O) groups is 1. The van der Waals surface area contributed by atoms with Crippen molar-refractivity contribution in [3.8, 4) is 5.75 Å².